The van der Waals surface area contributed by atoms with E-state index in [1.54, 1.807) is 40.3 Å². The number of carbonyl (C=O) groups is 1. The fourth-order valence-corrected chi connectivity index (χ4v) is 23.1. The Morgan fingerprint density at radius 2 is 0.756 bits per heavy atom. The third-order valence-corrected chi connectivity index (χ3v) is 30.2. The van der Waals surface area contributed by atoms with Crippen molar-refractivity contribution >= 4 is 131 Å². The van der Waals surface area contributed by atoms with Crippen LogP contribution in [0.15, 0.2) is 288 Å². The summed E-state index contributed by atoms with van der Waals surface area (Å²) in [7, 11) is -1.00. The third kappa shape index (κ3) is 26.8. The lowest BCUT2D eigenvalue weighted by atomic mass is 9.95. The predicted octanol–water partition coefficient (Wildman–Crippen LogP) is 34.2. The molecule has 0 saturated carbocycles. The van der Waals surface area contributed by atoms with E-state index in [2.05, 4.69) is 333 Å². The Morgan fingerprint density at radius 1 is 0.397 bits per heavy atom. The number of carbonyl (C=O) groups excluding carboxylic acids is 2. The minimum absolute atomic E-state index is 0.375. The highest BCUT2D eigenvalue weighted by Crippen LogP contribution is 2.54. The van der Waals surface area contributed by atoms with Gasteiger partial charge in [0.05, 0.1) is 22.1 Å². The van der Waals surface area contributed by atoms with Crippen molar-refractivity contribution in [1.29, 1.82) is 0 Å². The quantitative estimate of drug-likeness (QED) is 0.0192. The summed E-state index contributed by atoms with van der Waals surface area (Å²) in [5, 5.41) is 4.08. The molecule has 9 aromatic carbocycles. The molecule has 1 fully saturated rings. The maximum atomic E-state index is 11.8. The molecule has 0 unspecified atom stereocenters. The number of thiophene rings is 6. The molecule has 19 rings (SSSR count). The van der Waals surface area contributed by atoms with Gasteiger partial charge in [-0.1, -0.05) is 333 Å². The second kappa shape index (κ2) is 51.2. The lowest BCUT2D eigenvalue weighted by molar-refractivity contribution is -0.367. The molecule has 0 N–H and O–H groups in total. The van der Waals surface area contributed by atoms with Gasteiger partial charge in [0.15, 0.2) is 40.8 Å². The summed E-state index contributed by atoms with van der Waals surface area (Å²) in [6, 6.07) is 97.7. The molecule has 8 nitrogen and oxygen atoms in total. The summed E-state index contributed by atoms with van der Waals surface area (Å²) in [5.41, 5.74) is 22.6. The van der Waals surface area contributed by atoms with Crippen molar-refractivity contribution in [3.05, 3.63) is 364 Å². The molecule has 0 aliphatic carbocycles. The van der Waals surface area contributed by atoms with Gasteiger partial charge in [0.25, 0.3) is 0 Å². The minimum atomic E-state index is -1.00. The van der Waals surface area contributed by atoms with Gasteiger partial charge in [-0.05, 0) is 211 Å². The van der Waals surface area contributed by atoms with Crippen LogP contribution in [0.4, 0.5) is 4.39 Å². The van der Waals surface area contributed by atoms with Crippen LogP contribution in [0.5, 0.6) is 34.5 Å². The number of rotatable bonds is 30. The molecule has 1 saturated heterocycles. The van der Waals surface area contributed by atoms with Crippen LogP contribution < -0.4 is 23.7 Å². The maximum Gasteiger partial charge on any atom is 0.415 e. The second-order valence-electron chi connectivity index (χ2n) is 32.1. The molecule has 0 amide bonds. The van der Waals surface area contributed by atoms with Gasteiger partial charge in [-0.2, -0.15) is 0 Å². The summed E-state index contributed by atoms with van der Waals surface area (Å²) in [4.78, 5) is 22.1. The number of ether oxygens (including phenoxy) is 6. The summed E-state index contributed by atoms with van der Waals surface area (Å²) < 4.78 is 55.9. The van der Waals surface area contributed by atoms with Crippen molar-refractivity contribution in [1.82, 2.24) is 0 Å². The SMILES string of the molecule is C1CCOC1.CCCCCCc1cc(-c2sc(C=O)c3c2OCC=[O+]3)sc1-c1ccc(C=C(c2ccccc2)c2ccccc2)cc1.CCCCCCc1cc(-c2scc3c2OCCO3)sc1-c1ccc(C=C(c2ccccc2)c2ccccc2)cc1.CCCCCCc1cc(Br)sc1-c1ccc(C=C(c2ccccc2)c2ccccc2)cc1.Cc1scc2c1OCCO2.[2H]CF. The first-order chi connectivity index (χ1) is 65.1. The number of aryl methyl sites for hydroxylation is 4. The largest absolute Gasteiger partial charge is 0.485 e. The molecule has 10 heterocycles. The predicted molar refractivity (Wildman–Crippen MR) is 561 cm³/mol. The summed E-state index contributed by atoms with van der Waals surface area (Å²) in [5.74, 6) is 4.88. The Kier molecular flexibility index (Phi) is 37.0. The Bertz CT molecular complexity index is 6020. The minimum Gasteiger partial charge on any atom is -0.485 e. The molecular formula is C115H115BrFO8S6+. The lowest BCUT2D eigenvalue weighted by Crippen LogP contribution is -2.14. The normalized spacial score (nSPS) is 12.5. The lowest BCUT2D eigenvalue weighted by Gasteiger charge is -2.15. The van der Waals surface area contributed by atoms with Crippen molar-refractivity contribution in [3.63, 3.8) is 0 Å². The highest BCUT2D eigenvalue weighted by Gasteiger charge is 2.33. The van der Waals surface area contributed by atoms with E-state index in [1.165, 1.54) is 222 Å². The van der Waals surface area contributed by atoms with Gasteiger partial charge in [-0.15, -0.1) is 68.0 Å². The Labute approximate surface area is 807 Å². The number of aldehydes is 2. The van der Waals surface area contributed by atoms with Crippen LogP contribution in [-0.2, 0) is 28.4 Å². The number of hydrogen-bond acceptors (Lipinski definition) is 13. The van der Waals surface area contributed by atoms with Gasteiger partial charge in [0.2, 0.25) is 5.75 Å². The van der Waals surface area contributed by atoms with Crippen LogP contribution in [0.25, 0.3) is 85.8 Å². The molecule has 4 aliphatic heterocycles. The fourth-order valence-electron chi connectivity index (χ4n) is 16.1. The fraction of sp³-hybridized carbons (Fsp3) is 0.252. The van der Waals surface area contributed by atoms with E-state index in [-0.39, 0.29) is 0 Å². The average Bonchev–Trinajstić information content (AvgIpc) is 1.59. The van der Waals surface area contributed by atoms with E-state index in [9.17, 15) is 9.18 Å². The van der Waals surface area contributed by atoms with E-state index in [1.807, 2.05) is 35.0 Å². The molecule has 15 aromatic rings. The second-order valence-corrected chi connectivity index (χ2v) is 39.7. The van der Waals surface area contributed by atoms with Gasteiger partial charge < -0.3 is 28.4 Å². The van der Waals surface area contributed by atoms with E-state index < -0.39 is 7.15 Å². The Morgan fingerprint density at radius 3 is 1.13 bits per heavy atom. The number of alkyl halides is 1. The monoisotopic (exact) mass is 1910 g/mol. The number of hydrogen-bond donors (Lipinski definition) is 0. The Hall–Kier alpha value is -10.9. The van der Waals surface area contributed by atoms with Crippen molar-refractivity contribution in [3.8, 4) is 85.3 Å². The van der Waals surface area contributed by atoms with E-state index in [4.69, 9.17) is 34.2 Å². The highest BCUT2D eigenvalue weighted by molar-refractivity contribution is 9.11. The van der Waals surface area contributed by atoms with Crippen LogP contribution in [-0.4, -0.2) is 66.0 Å². The Balaban J connectivity index is 0.000000146. The summed E-state index contributed by atoms with van der Waals surface area (Å²) in [6.07, 6.45) is 30.3. The standard InChI is InChI=1S/C37H33O3S2.C36H34O2S2.C30H29BrS.C7H8O2S.C4H8O.CH3F/c1-2-3-4-7-16-30-24-32(37-35-34(33(25-38)42-37)39-21-22-40-35)41-36(30)29-19-17-26(18-20-29)23-31(27-12-8-5-9-13-27)28-14-10-6-11-15-28;1-2-3-4-7-16-30-24-33(36-34-32(25-39-36)37-21-22-38-34)40-35(30)29-19-17-26(18-20-29)23-31(27-12-8-5-9-13-27)28-14-10-6-11-15-28;1-2-3-4-7-16-27-22-29(31)32-30(27)26-19-17-23(18-20-26)21-28(24-12-8-5-9-13-24)25-14-10-6-11-15-25;1-5-7-6(4-10-5)8-2-3-9-7;1-2-4-5-3-1;1-2/h5-6,8-15,17-21,23-25H,2-4,7,16,22H2,1H3;5-6,8-15,17-20,23-25H,2-4,7,16,21-22H2,1H3;5-6,8-15,17-22H,2-4,7,16H2,1H3;4H,2-3H2,1H3;1-4H2;1H3/q+1;;;;;/i;;;;;1D. The van der Waals surface area contributed by atoms with E-state index in [0.717, 1.165) is 83.5 Å². The molecule has 6 aromatic heterocycles. The van der Waals surface area contributed by atoms with Gasteiger partial charge in [-0.25, -0.2) is 4.42 Å². The van der Waals surface area contributed by atoms with Crippen molar-refractivity contribution < 1.29 is 43.4 Å². The van der Waals surface area contributed by atoms with Gasteiger partial charge in [0.1, 0.15) is 26.4 Å². The number of halogens is 2. The number of benzene rings is 9. The molecular weight excluding hydrogens is 1800 g/mol. The summed E-state index contributed by atoms with van der Waals surface area (Å²) >= 11 is 14.1. The zero-order chi connectivity index (χ0) is 91.3. The number of unbranched alkanes of at least 4 members (excludes halogenated alkanes) is 9. The zero-order valence-corrected chi connectivity index (χ0v) is 81.7. The first-order valence-electron chi connectivity index (χ1n) is 46.5. The molecule has 16 heteroatoms. The van der Waals surface area contributed by atoms with Crippen molar-refractivity contribution in [2.24, 2.45) is 0 Å². The maximum absolute atomic E-state index is 11.8. The van der Waals surface area contributed by atoms with Crippen molar-refractivity contribution in [2.75, 3.05) is 53.4 Å². The van der Waals surface area contributed by atoms with Crippen LogP contribution >= 0.6 is 84.0 Å². The molecule has 4 aliphatic rings. The molecule has 0 atom stereocenters. The molecule has 0 bridgehead atoms. The molecule has 131 heavy (non-hydrogen) atoms. The van der Waals surface area contributed by atoms with Gasteiger partial charge in [0, 0.05) is 53.2 Å². The van der Waals surface area contributed by atoms with Crippen LogP contribution in [0.1, 0.15) is 193 Å². The smallest absolute Gasteiger partial charge is 0.415 e. The highest BCUT2D eigenvalue weighted by atomic mass is 79.9. The molecule has 0 spiro atoms. The molecule has 672 valence electrons. The number of fused-ring (bicyclic) bond motifs is 3. The topological polar surface area (TPSA) is 83.8 Å². The van der Waals surface area contributed by atoms with Crippen LogP contribution in [0, 0.1) is 6.92 Å². The van der Waals surface area contributed by atoms with Gasteiger partial charge >= 0.3 is 12.0 Å². The molecule has 0 radical (unpaired) electrons. The average molecular weight is 1920 g/mol. The summed E-state index contributed by atoms with van der Waals surface area (Å²) in [6.45, 7) is 13.8. The third-order valence-electron chi connectivity index (χ3n) is 22.8. The van der Waals surface area contributed by atoms with E-state index >= 15 is 0 Å². The van der Waals surface area contributed by atoms with E-state index in [0.29, 0.717) is 49.4 Å². The van der Waals surface area contributed by atoms with Crippen LogP contribution in [0.2, 0.25) is 0 Å². The first kappa shape index (κ1) is 94.7. The van der Waals surface area contributed by atoms with Crippen LogP contribution in [0.3, 0.4) is 0 Å². The van der Waals surface area contributed by atoms with Gasteiger partial charge in [-0.3, -0.25) is 9.18 Å². The zero-order valence-electron chi connectivity index (χ0n) is 76.2. The van der Waals surface area contributed by atoms with Crippen molar-refractivity contribution in [2.45, 2.75) is 137 Å². The first-order valence-corrected chi connectivity index (χ1v) is 51.6.